The van der Waals surface area contributed by atoms with Crippen molar-refractivity contribution in [3.05, 3.63) is 106 Å². The van der Waals surface area contributed by atoms with Gasteiger partial charge in [-0.1, -0.05) is 12.1 Å². The number of methoxy groups -OCH3 is 3. The number of hydrogen-bond acceptors (Lipinski definition) is 7. The number of nitrogens with zero attached hydrogens (tertiary/aromatic N) is 1. The second-order valence-electron chi connectivity index (χ2n) is 9.04. The number of pyridine rings is 1. The predicted molar refractivity (Wildman–Crippen MR) is 150 cm³/mol. The molecule has 5 aromatic rings. The number of benzene rings is 3. The van der Waals surface area contributed by atoms with Crippen LogP contribution in [0.4, 0.5) is 0 Å². The molecule has 0 spiro atoms. The first kappa shape index (κ1) is 25.7. The molecule has 0 N–H and O–H groups in total. The van der Waals surface area contributed by atoms with Gasteiger partial charge in [0.05, 0.1) is 21.3 Å². The molecule has 0 bridgehead atoms. The minimum absolute atomic E-state index is 0.115. The van der Waals surface area contributed by atoms with E-state index < -0.39 is 5.63 Å². The van der Waals surface area contributed by atoms with Gasteiger partial charge < -0.3 is 18.6 Å². The largest absolute Gasteiger partial charge is 0.497 e. The van der Waals surface area contributed by atoms with Crippen molar-refractivity contribution in [3.63, 3.8) is 0 Å². The quantitative estimate of drug-likeness (QED) is 0.175. The summed E-state index contributed by atoms with van der Waals surface area (Å²) in [6.45, 7) is 1.88. The van der Waals surface area contributed by atoms with Crippen molar-refractivity contribution in [2.45, 2.75) is 13.3 Å². The van der Waals surface area contributed by atoms with E-state index in [9.17, 15) is 9.59 Å². The summed E-state index contributed by atoms with van der Waals surface area (Å²) in [5.41, 5.74) is 4.70. The highest BCUT2D eigenvalue weighted by Gasteiger charge is 2.19. The van der Waals surface area contributed by atoms with Crippen LogP contribution >= 0.6 is 0 Å². The van der Waals surface area contributed by atoms with Crippen LogP contribution in [0.1, 0.15) is 21.5 Å². The molecule has 0 fully saturated rings. The highest BCUT2D eigenvalue weighted by atomic mass is 16.5. The van der Waals surface area contributed by atoms with E-state index in [4.69, 9.17) is 18.6 Å². The van der Waals surface area contributed by atoms with Gasteiger partial charge >= 0.3 is 5.63 Å². The maximum Gasteiger partial charge on any atom is 0.339 e. The van der Waals surface area contributed by atoms with Gasteiger partial charge in [-0.2, -0.15) is 0 Å². The number of carbonyl (C=O) groups excluding carboxylic acids is 1. The number of aromatic nitrogens is 1. The molecule has 3 aromatic carbocycles. The first-order valence-corrected chi connectivity index (χ1v) is 12.3. The Morgan fingerprint density at radius 1 is 0.846 bits per heavy atom. The van der Waals surface area contributed by atoms with Gasteiger partial charge in [0.1, 0.15) is 22.8 Å². The fraction of sp³-hybridized carbons (Fsp3) is 0.156. The Bertz CT molecular complexity index is 1740. The van der Waals surface area contributed by atoms with E-state index in [1.54, 1.807) is 58.0 Å². The first-order valence-electron chi connectivity index (χ1n) is 12.3. The Morgan fingerprint density at radius 3 is 2.33 bits per heavy atom. The zero-order chi connectivity index (χ0) is 27.5. The Kier molecular flexibility index (Phi) is 7.14. The lowest BCUT2D eigenvalue weighted by Gasteiger charge is -2.14. The number of hydrogen-bond donors (Lipinski definition) is 0. The monoisotopic (exact) mass is 521 g/mol. The molecule has 39 heavy (non-hydrogen) atoms. The van der Waals surface area contributed by atoms with Gasteiger partial charge in [0.25, 0.3) is 0 Å². The van der Waals surface area contributed by atoms with Crippen molar-refractivity contribution in [1.29, 1.82) is 0 Å². The average Bonchev–Trinajstić information content (AvgIpc) is 2.97. The Balaban J connectivity index is 1.52. The number of ether oxygens (including phenoxy) is 3. The molecule has 0 aliphatic heterocycles. The number of Topliss-reactive ketones (excluding diaryl/α,β-unsaturated/α-hetero) is 1. The van der Waals surface area contributed by atoms with Gasteiger partial charge in [0.2, 0.25) is 0 Å². The molecule has 2 aromatic heterocycles. The van der Waals surface area contributed by atoms with E-state index in [0.29, 0.717) is 33.8 Å². The fourth-order valence-electron chi connectivity index (χ4n) is 4.78. The second-order valence-corrected chi connectivity index (χ2v) is 9.04. The number of aryl methyl sites for hydroxylation is 1. The maximum absolute atomic E-state index is 13.4. The van der Waals surface area contributed by atoms with Crippen molar-refractivity contribution < 1.29 is 23.4 Å². The second kappa shape index (κ2) is 10.8. The standard InChI is InChI=1S/C32H27NO6/c1-19-30(20-10-12-33-13-11-20)29(38-4)18-23-14-24(32(35)39-31(19)23)17-27(34)22-8-9-28(37-3)26(16-22)21-6-5-7-25(15-21)36-2/h5-16,18H,17H2,1-4H3. The summed E-state index contributed by atoms with van der Waals surface area (Å²) >= 11 is 0. The SMILES string of the molecule is COc1cccc(-c2cc(C(=O)Cc3cc4cc(OC)c(-c5ccncc5)c(C)c4oc3=O)ccc2OC)c1. The molecule has 0 aliphatic rings. The van der Waals surface area contributed by atoms with Crippen molar-refractivity contribution in [1.82, 2.24) is 4.98 Å². The average molecular weight is 522 g/mol. The molecule has 0 saturated carbocycles. The van der Waals surface area contributed by atoms with Crippen LogP contribution in [0.15, 0.2) is 88.3 Å². The summed E-state index contributed by atoms with van der Waals surface area (Å²) in [6.07, 6.45) is 3.28. The molecular weight excluding hydrogens is 494 g/mol. The molecular formula is C32H27NO6. The van der Waals surface area contributed by atoms with E-state index in [1.165, 1.54) is 0 Å². The van der Waals surface area contributed by atoms with Crippen LogP contribution in [0.3, 0.4) is 0 Å². The molecule has 0 atom stereocenters. The molecule has 0 unspecified atom stereocenters. The molecule has 0 amide bonds. The number of carbonyl (C=O) groups is 1. The zero-order valence-corrected chi connectivity index (χ0v) is 22.1. The highest BCUT2D eigenvalue weighted by Crippen LogP contribution is 2.38. The molecule has 7 heteroatoms. The molecule has 0 saturated heterocycles. The third-order valence-electron chi connectivity index (χ3n) is 6.74. The first-order chi connectivity index (χ1) is 18.9. The van der Waals surface area contributed by atoms with Crippen LogP contribution in [-0.4, -0.2) is 32.1 Å². The molecule has 196 valence electrons. The van der Waals surface area contributed by atoms with Crippen molar-refractivity contribution >= 4 is 16.8 Å². The minimum atomic E-state index is -0.550. The normalized spacial score (nSPS) is 10.9. The summed E-state index contributed by atoms with van der Waals surface area (Å²) in [6, 6.07) is 20.0. The van der Waals surface area contributed by atoms with Crippen molar-refractivity contribution in [2.75, 3.05) is 21.3 Å². The van der Waals surface area contributed by atoms with Crippen LogP contribution in [0.25, 0.3) is 33.2 Å². The van der Waals surface area contributed by atoms with Gasteiger partial charge in [-0.05, 0) is 72.6 Å². The summed E-state index contributed by atoms with van der Waals surface area (Å²) in [5, 5.41) is 0.677. The number of ketones is 1. The molecule has 0 radical (unpaired) electrons. The van der Waals surface area contributed by atoms with E-state index in [0.717, 1.165) is 27.8 Å². The summed E-state index contributed by atoms with van der Waals surface area (Å²) in [5.74, 6) is 1.73. The summed E-state index contributed by atoms with van der Waals surface area (Å²) in [7, 11) is 4.78. The fourth-order valence-corrected chi connectivity index (χ4v) is 4.78. The lowest BCUT2D eigenvalue weighted by atomic mass is 9.95. The molecule has 7 nitrogen and oxygen atoms in total. The third kappa shape index (κ3) is 4.99. The molecule has 2 heterocycles. The van der Waals surface area contributed by atoms with Crippen LogP contribution < -0.4 is 19.8 Å². The predicted octanol–water partition coefficient (Wildman–Crippen LogP) is 6.28. The van der Waals surface area contributed by atoms with Crippen LogP contribution in [0, 0.1) is 6.92 Å². The Morgan fingerprint density at radius 2 is 1.62 bits per heavy atom. The van der Waals surface area contributed by atoms with E-state index >= 15 is 0 Å². The topological polar surface area (TPSA) is 87.9 Å². The van der Waals surface area contributed by atoms with Gasteiger partial charge in [-0.3, -0.25) is 9.78 Å². The highest BCUT2D eigenvalue weighted by molar-refractivity contribution is 5.99. The Hall–Kier alpha value is -4.91. The van der Waals surface area contributed by atoms with Crippen LogP contribution in [-0.2, 0) is 6.42 Å². The van der Waals surface area contributed by atoms with Crippen molar-refractivity contribution in [2.24, 2.45) is 0 Å². The summed E-state index contributed by atoms with van der Waals surface area (Å²) in [4.78, 5) is 30.5. The molecule has 5 rings (SSSR count). The summed E-state index contributed by atoms with van der Waals surface area (Å²) < 4.78 is 22.3. The molecule has 0 aliphatic carbocycles. The van der Waals surface area contributed by atoms with Gasteiger partial charge in [-0.15, -0.1) is 0 Å². The van der Waals surface area contributed by atoms with Gasteiger partial charge in [-0.25, -0.2) is 4.79 Å². The number of rotatable bonds is 8. The minimum Gasteiger partial charge on any atom is -0.497 e. The van der Waals surface area contributed by atoms with E-state index in [2.05, 4.69) is 4.98 Å². The lowest BCUT2D eigenvalue weighted by molar-refractivity contribution is 0.0992. The zero-order valence-electron chi connectivity index (χ0n) is 22.1. The van der Waals surface area contributed by atoms with E-state index in [-0.39, 0.29) is 17.8 Å². The van der Waals surface area contributed by atoms with Gasteiger partial charge in [0, 0.05) is 52.0 Å². The Labute approximate surface area is 225 Å². The van der Waals surface area contributed by atoms with E-state index in [1.807, 2.05) is 49.4 Å². The van der Waals surface area contributed by atoms with Crippen LogP contribution in [0.2, 0.25) is 0 Å². The lowest BCUT2D eigenvalue weighted by Crippen LogP contribution is -2.13. The number of fused-ring (bicyclic) bond motifs is 1. The third-order valence-corrected chi connectivity index (χ3v) is 6.74. The maximum atomic E-state index is 13.4. The van der Waals surface area contributed by atoms with Gasteiger partial charge in [0.15, 0.2) is 5.78 Å². The van der Waals surface area contributed by atoms with Crippen molar-refractivity contribution in [3.8, 4) is 39.5 Å². The van der Waals surface area contributed by atoms with Crippen LogP contribution in [0.5, 0.6) is 17.2 Å². The smallest absolute Gasteiger partial charge is 0.339 e.